The van der Waals surface area contributed by atoms with Crippen LogP contribution in [0.4, 0.5) is 0 Å². The smallest absolute Gasteiger partial charge is 0.336 e. The third-order valence-electron chi connectivity index (χ3n) is 4.08. The fraction of sp³-hybridized carbons (Fsp3) is 0.353. The summed E-state index contributed by atoms with van der Waals surface area (Å²) in [6, 6.07) is 7.96. The highest BCUT2D eigenvalue weighted by molar-refractivity contribution is 5.80. The predicted molar refractivity (Wildman–Crippen MR) is 84.9 cm³/mol. The van der Waals surface area contributed by atoms with Crippen LogP contribution < -0.4 is 10.4 Å². The number of piperidine rings is 1. The minimum atomic E-state index is -0.877. The van der Waals surface area contributed by atoms with Crippen molar-refractivity contribution < 1.29 is 23.8 Å². The first kappa shape index (κ1) is 16.0. The van der Waals surface area contributed by atoms with Crippen molar-refractivity contribution in [3.8, 4) is 5.75 Å². The Labute approximate surface area is 137 Å². The van der Waals surface area contributed by atoms with Gasteiger partial charge in [-0.1, -0.05) is 0 Å². The van der Waals surface area contributed by atoms with Gasteiger partial charge in [0.15, 0.2) is 6.61 Å². The van der Waals surface area contributed by atoms with E-state index in [4.69, 9.17) is 14.3 Å². The Morgan fingerprint density at radius 2 is 2.08 bits per heavy atom. The van der Waals surface area contributed by atoms with Gasteiger partial charge in [0.2, 0.25) is 0 Å². The summed E-state index contributed by atoms with van der Waals surface area (Å²) in [5.41, 5.74) is -0.0693. The van der Waals surface area contributed by atoms with E-state index in [1.54, 1.807) is 24.3 Å². The molecule has 0 bridgehead atoms. The van der Waals surface area contributed by atoms with E-state index >= 15 is 0 Å². The molecule has 0 aliphatic carbocycles. The van der Waals surface area contributed by atoms with E-state index in [9.17, 15) is 14.4 Å². The van der Waals surface area contributed by atoms with Gasteiger partial charge in [-0.2, -0.15) is 0 Å². The number of carboxylic acid groups (broad SMARTS) is 1. The van der Waals surface area contributed by atoms with Crippen molar-refractivity contribution in [1.82, 2.24) is 4.90 Å². The Morgan fingerprint density at radius 3 is 2.88 bits per heavy atom. The number of ether oxygens (including phenoxy) is 1. The Morgan fingerprint density at radius 1 is 1.29 bits per heavy atom. The molecule has 1 unspecified atom stereocenters. The fourth-order valence-electron chi connectivity index (χ4n) is 2.77. The van der Waals surface area contributed by atoms with Gasteiger partial charge in [-0.15, -0.1) is 0 Å². The van der Waals surface area contributed by atoms with Gasteiger partial charge in [0.25, 0.3) is 5.91 Å². The summed E-state index contributed by atoms with van der Waals surface area (Å²) in [6.07, 6.45) is 1.26. The lowest BCUT2D eigenvalue weighted by Crippen LogP contribution is -2.44. The summed E-state index contributed by atoms with van der Waals surface area (Å²) in [5.74, 6) is -1.23. The Kier molecular flexibility index (Phi) is 4.50. The summed E-state index contributed by atoms with van der Waals surface area (Å²) >= 11 is 0. The van der Waals surface area contributed by atoms with Crippen molar-refractivity contribution in [3.63, 3.8) is 0 Å². The molecule has 1 aromatic carbocycles. The van der Waals surface area contributed by atoms with E-state index in [-0.39, 0.29) is 19.1 Å². The molecular weight excluding hydrogens is 314 g/mol. The number of aliphatic carboxylic acids is 1. The molecule has 0 saturated carbocycles. The summed E-state index contributed by atoms with van der Waals surface area (Å²) < 4.78 is 10.5. The van der Waals surface area contributed by atoms with Gasteiger partial charge in [-0.25, -0.2) is 4.79 Å². The van der Waals surface area contributed by atoms with Gasteiger partial charge < -0.3 is 19.2 Å². The van der Waals surface area contributed by atoms with Crippen LogP contribution in [0.15, 0.2) is 39.5 Å². The van der Waals surface area contributed by atoms with Crippen molar-refractivity contribution >= 4 is 22.8 Å². The molecule has 3 rings (SSSR count). The van der Waals surface area contributed by atoms with Gasteiger partial charge in [0, 0.05) is 30.6 Å². The second-order valence-electron chi connectivity index (χ2n) is 5.76. The van der Waals surface area contributed by atoms with Crippen LogP contribution in [0.1, 0.15) is 12.8 Å². The highest BCUT2D eigenvalue weighted by Crippen LogP contribution is 2.20. The molecule has 1 aliphatic heterocycles. The lowest BCUT2D eigenvalue weighted by Gasteiger charge is -2.30. The minimum Gasteiger partial charge on any atom is -0.484 e. The van der Waals surface area contributed by atoms with E-state index in [2.05, 4.69) is 0 Å². The zero-order valence-electron chi connectivity index (χ0n) is 12.9. The first-order valence-electron chi connectivity index (χ1n) is 7.70. The van der Waals surface area contributed by atoms with Crippen LogP contribution in [0.2, 0.25) is 0 Å². The lowest BCUT2D eigenvalue weighted by atomic mass is 9.98. The number of hydrogen-bond donors (Lipinski definition) is 1. The molecule has 1 aromatic heterocycles. The first-order valence-corrected chi connectivity index (χ1v) is 7.70. The number of carbonyl (C=O) groups excluding carboxylic acids is 1. The van der Waals surface area contributed by atoms with Crippen LogP contribution >= 0.6 is 0 Å². The maximum Gasteiger partial charge on any atom is 0.336 e. The molecule has 0 spiro atoms. The van der Waals surface area contributed by atoms with E-state index in [0.717, 1.165) is 5.39 Å². The molecule has 1 saturated heterocycles. The summed E-state index contributed by atoms with van der Waals surface area (Å²) in [5, 5.41) is 9.82. The van der Waals surface area contributed by atoms with E-state index in [1.165, 1.54) is 11.0 Å². The third kappa shape index (κ3) is 3.56. The van der Waals surface area contributed by atoms with Gasteiger partial charge in [0.1, 0.15) is 11.3 Å². The van der Waals surface area contributed by atoms with Crippen molar-refractivity contribution in [1.29, 1.82) is 0 Å². The minimum absolute atomic E-state index is 0.186. The average Bonchev–Trinajstić information content (AvgIpc) is 2.59. The predicted octanol–water partition coefficient (Wildman–Crippen LogP) is 1.49. The SMILES string of the molecule is O=C(O)C1CCCN(C(=O)COc2ccc3ccc(=O)oc3c2)C1. The van der Waals surface area contributed by atoms with Crippen LogP contribution in [0.5, 0.6) is 5.75 Å². The quantitative estimate of drug-likeness (QED) is 0.853. The molecular formula is C17H17NO6. The largest absolute Gasteiger partial charge is 0.484 e. The number of fused-ring (bicyclic) bond motifs is 1. The second kappa shape index (κ2) is 6.74. The number of likely N-dealkylation sites (tertiary alicyclic amines) is 1. The summed E-state index contributed by atoms with van der Waals surface area (Å²) in [7, 11) is 0. The van der Waals surface area contributed by atoms with Crippen LogP contribution in [0.25, 0.3) is 11.0 Å². The maximum absolute atomic E-state index is 12.2. The van der Waals surface area contributed by atoms with Gasteiger partial charge in [0.05, 0.1) is 5.92 Å². The monoisotopic (exact) mass is 331 g/mol. The summed E-state index contributed by atoms with van der Waals surface area (Å²) in [4.78, 5) is 36.0. The first-order chi connectivity index (χ1) is 11.5. The fourth-order valence-corrected chi connectivity index (χ4v) is 2.77. The van der Waals surface area contributed by atoms with Crippen molar-refractivity contribution in [2.45, 2.75) is 12.8 Å². The number of carbonyl (C=O) groups is 2. The standard InChI is InChI=1S/C17H17NO6/c19-15(18-7-1-2-12(9-18)17(21)22)10-23-13-5-3-11-4-6-16(20)24-14(11)8-13/h3-6,8,12H,1-2,7,9-10H2,(H,21,22). The normalized spacial score (nSPS) is 17.7. The molecule has 7 nitrogen and oxygen atoms in total. The number of rotatable bonds is 4. The molecule has 2 aromatic rings. The molecule has 1 aliphatic rings. The molecule has 1 amide bonds. The number of amides is 1. The molecule has 1 fully saturated rings. The average molecular weight is 331 g/mol. The van der Waals surface area contributed by atoms with E-state index in [0.29, 0.717) is 30.7 Å². The van der Waals surface area contributed by atoms with Gasteiger partial charge in [-0.05, 0) is 31.0 Å². The van der Waals surface area contributed by atoms with Crippen LogP contribution in [-0.2, 0) is 9.59 Å². The van der Waals surface area contributed by atoms with Crippen molar-refractivity contribution in [2.24, 2.45) is 5.92 Å². The highest BCUT2D eigenvalue weighted by atomic mass is 16.5. The number of nitrogens with zero attached hydrogens (tertiary/aromatic N) is 1. The van der Waals surface area contributed by atoms with Crippen molar-refractivity contribution in [3.05, 3.63) is 40.8 Å². The number of benzene rings is 1. The van der Waals surface area contributed by atoms with Crippen LogP contribution in [0, 0.1) is 5.92 Å². The Balaban J connectivity index is 1.63. The number of carboxylic acids is 1. The highest BCUT2D eigenvalue weighted by Gasteiger charge is 2.28. The molecule has 1 atom stereocenters. The van der Waals surface area contributed by atoms with Gasteiger partial charge >= 0.3 is 11.6 Å². The van der Waals surface area contributed by atoms with Crippen molar-refractivity contribution in [2.75, 3.05) is 19.7 Å². The van der Waals surface area contributed by atoms with E-state index < -0.39 is 17.5 Å². The Bertz CT molecular complexity index is 827. The molecule has 24 heavy (non-hydrogen) atoms. The van der Waals surface area contributed by atoms with E-state index in [1.807, 2.05) is 0 Å². The third-order valence-corrected chi connectivity index (χ3v) is 4.08. The zero-order chi connectivity index (χ0) is 17.1. The van der Waals surface area contributed by atoms with Crippen LogP contribution in [-0.4, -0.2) is 41.6 Å². The zero-order valence-corrected chi connectivity index (χ0v) is 12.9. The molecule has 126 valence electrons. The second-order valence-corrected chi connectivity index (χ2v) is 5.76. The molecule has 7 heteroatoms. The van der Waals surface area contributed by atoms with Gasteiger partial charge in [-0.3, -0.25) is 9.59 Å². The molecule has 1 N–H and O–H groups in total. The Hall–Kier alpha value is -2.83. The molecule has 0 radical (unpaired) electrons. The number of hydrogen-bond acceptors (Lipinski definition) is 5. The lowest BCUT2D eigenvalue weighted by molar-refractivity contribution is -0.146. The maximum atomic E-state index is 12.2. The topological polar surface area (TPSA) is 97.0 Å². The molecule has 2 heterocycles. The van der Waals surface area contributed by atoms with Crippen LogP contribution in [0.3, 0.4) is 0 Å². The summed E-state index contributed by atoms with van der Waals surface area (Å²) in [6.45, 7) is 0.567.